The summed E-state index contributed by atoms with van der Waals surface area (Å²) in [7, 11) is 0. The lowest BCUT2D eigenvalue weighted by molar-refractivity contribution is -0.142. The Morgan fingerprint density at radius 3 is 2.42 bits per heavy atom. The fourth-order valence-electron chi connectivity index (χ4n) is 3.09. The van der Waals surface area contributed by atoms with Gasteiger partial charge in [0.05, 0.1) is 5.92 Å². The van der Waals surface area contributed by atoms with Crippen molar-refractivity contribution in [1.82, 2.24) is 4.90 Å². The minimum Gasteiger partial charge on any atom is -0.481 e. The third-order valence-corrected chi connectivity index (χ3v) is 4.45. The number of piperidine rings is 1. The molecule has 1 aliphatic heterocycles. The summed E-state index contributed by atoms with van der Waals surface area (Å²) in [6.07, 6.45) is 9.07. The van der Waals surface area contributed by atoms with Gasteiger partial charge in [-0.1, -0.05) is 39.5 Å². The number of hydrogen-bond acceptors (Lipinski definition) is 2. The molecule has 0 saturated carbocycles. The standard InChI is InChI=1S/C16H31NO2/c1-3-5-7-15(16(18)19)10-13-17-11-8-14(6-4-2)9-12-17/h14-15H,3-13H2,1-2H3,(H,18,19). The van der Waals surface area contributed by atoms with Gasteiger partial charge in [0.15, 0.2) is 0 Å². The minimum atomic E-state index is -0.602. The summed E-state index contributed by atoms with van der Waals surface area (Å²) in [5, 5.41) is 9.22. The number of hydrogen-bond donors (Lipinski definition) is 1. The Bertz CT molecular complexity index is 247. The molecule has 0 radical (unpaired) electrons. The minimum absolute atomic E-state index is 0.131. The fourth-order valence-corrected chi connectivity index (χ4v) is 3.09. The van der Waals surface area contributed by atoms with E-state index < -0.39 is 5.97 Å². The molecule has 112 valence electrons. The molecule has 1 saturated heterocycles. The van der Waals surface area contributed by atoms with Crippen molar-refractivity contribution in [2.75, 3.05) is 19.6 Å². The summed E-state index contributed by atoms with van der Waals surface area (Å²) < 4.78 is 0. The average molecular weight is 269 g/mol. The zero-order valence-electron chi connectivity index (χ0n) is 12.7. The number of nitrogens with zero attached hydrogens (tertiary/aromatic N) is 1. The smallest absolute Gasteiger partial charge is 0.306 e. The molecule has 1 heterocycles. The number of rotatable bonds is 9. The summed E-state index contributed by atoms with van der Waals surface area (Å²) in [6, 6.07) is 0. The largest absolute Gasteiger partial charge is 0.481 e. The maximum Gasteiger partial charge on any atom is 0.306 e. The molecule has 0 amide bonds. The SMILES string of the molecule is CCCCC(CCN1CCC(CCC)CC1)C(=O)O. The lowest BCUT2D eigenvalue weighted by atomic mass is 9.92. The molecule has 1 fully saturated rings. The van der Waals surface area contributed by atoms with Gasteiger partial charge in [0.2, 0.25) is 0 Å². The van der Waals surface area contributed by atoms with E-state index >= 15 is 0 Å². The third-order valence-electron chi connectivity index (χ3n) is 4.45. The van der Waals surface area contributed by atoms with E-state index in [9.17, 15) is 9.90 Å². The molecule has 0 spiro atoms. The van der Waals surface area contributed by atoms with E-state index in [4.69, 9.17) is 0 Å². The van der Waals surface area contributed by atoms with Gasteiger partial charge >= 0.3 is 5.97 Å². The number of carboxylic acid groups (broad SMARTS) is 1. The van der Waals surface area contributed by atoms with Gasteiger partial charge in [-0.25, -0.2) is 0 Å². The highest BCUT2D eigenvalue weighted by Gasteiger charge is 2.21. The van der Waals surface area contributed by atoms with Crippen LogP contribution in [0.15, 0.2) is 0 Å². The van der Waals surface area contributed by atoms with Crippen LogP contribution in [0.2, 0.25) is 0 Å². The lowest BCUT2D eigenvalue weighted by Gasteiger charge is -2.32. The summed E-state index contributed by atoms with van der Waals surface area (Å²) in [5.74, 6) is 0.180. The molecule has 3 heteroatoms. The predicted molar refractivity (Wildman–Crippen MR) is 79.3 cm³/mol. The Kier molecular flexibility index (Phi) is 8.11. The Hall–Kier alpha value is -0.570. The van der Waals surface area contributed by atoms with Gasteiger partial charge in [-0.3, -0.25) is 4.79 Å². The Labute approximate surface area is 118 Å². The summed E-state index contributed by atoms with van der Waals surface area (Å²) >= 11 is 0. The first-order valence-corrected chi connectivity index (χ1v) is 8.12. The summed E-state index contributed by atoms with van der Waals surface area (Å²) in [6.45, 7) is 7.70. The normalized spacial score (nSPS) is 19.5. The van der Waals surface area contributed by atoms with E-state index in [2.05, 4.69) is 18.7 Å². The zero-order chi connectivity index (χ0) is 14.1. The van der Waals surface area contributed by atoms with E-state index in [1.54, 1.807) is 0 Å². The monoisotopic (exact) mass is 269 g/mol. The van der Waals surface area contributed by atoms with Crippen LogP contribution in [0.25, 0.3) is 0 Å². The van der Waals surface area contributed by atoms with E-state index in [1.165, 1.54) is 38.8 Å². The average Bonchev–Trinajstić information content (AvgIpc) is 2.40. The molecule has 1 rings (SSSR count). The molecule has 0 aromatic carbocycles. The van der Waals surface area contributed by atoms with Crippen molar-refractivity contribution in [1.29, 1.82) is 0 Å². The Balaban J connectivity index is 2.22. The van der Waals surface area contributed by atoms with Gasteiger partial charge < -0.3 is 10.0 Å². The molecule has 0 aliphatic carbocycles. The van der Waals surface area contributed by atoms with Gasteiger partial charge in [-0.05, 0) is 51.2 Å². The van der Waals surface area contributed by atoms with Crippen LogP contribution in [0.1, 0.15) is 65.2 Å². The third kappa shape index (κ3) is 6.42. The quantitative estimate of drug-likeness (QED) is 0.692. The molecule has 3 nitrogen and oxygen atoms in total. The second-order valence-corrected chi connectivity index (χ2v) is 6.04. The Morgan fingerprint density at radius 2 is 1.89 bits per heavy atom. The first-order valence-electron chi connectivity index (χ1n) is 8.12. The second-order valence-electron chi connectivity index (χ2n) is 6.04. The highest BCUT2D eigenvalue weighted by molar-refractivity contribution is 5.69. The molecule has 0 aromatic rings. The van der Waals surface area contributed by atoms with Gasteiger partial charge in [0.25, 0.3) is 0 Å². The first kappa shape index (κ1) is 16.5. The topological polar surface area (TPSA) is 40.5 Å². The fraction of sp³-hybridized carbons (Fsp3) is 0.938. The number of unbranched alkanes of at least 4 members (excludes halogenated alkanes) is 1. The van der Waals surface area contributed by atoms with Crippen molar-refractivity contribution in [3.63, 3.8) is 0 Å². The van der Waals surface area contributed by atoms with Crippen LogP contribution in [0.4, 0.5) is 0 Å². The van der Waals surface area contributed by atoms with Gasteiger partial charge in [0.1, 0.15) is 0 Å². The molecule has 0 aromatic heterocycles. The molecule has 1 atom stereocenters. The van der Waals surface area contributed by atoms with E-state index in [-0.39, 0.29) is 5.92 Å². The van der Waals surface area contributed by atoms with E-state index in [0.717, 1.165) is 38.1 Å². The highest BCUT2D eigenvalue weighted by Crippen LogP contribution is 2.22. The lowest BCUT2D eigenvalue weighted by Crippen LogP contribution is -2.35. The maximum absolute atomic E-state index is 11.2. The van der Waals surface area contributed by atoms with Crippen molar-refractivity contribution >= 4 is 5.97 Å². The molecular weight excluding hydrogens is 238 g/mol. The van der Waals surface area contributed by atoms with Crippen molar-refractivity contribution in [3.05, 3.63) is 0 Å². The second kappa shape index (κ2) is 9.35. The molecule has 1 N–H and O–H groups in total. The van der Waals surface area contributed by atoms with Crippen LogP contribution in [-0.4, -0.2) is 35.6 Å². The summed E-state index contributed by atoms with van der Waals surface area (Å²) in [5.41, 5.74) is 0. The molecular formula is C16H31NO2. The molecule has 1 aliphatic rings. The van der Waals surface area contributed by atoms with Gasteiger partial charge in [-0.2, -0.15) is 0 Å². The summed E-state index contributed by atoms with van der Waals surface area (Å²) in [4.78, 5) is 13.7. The maximum atomic E-state index is 11.2. The van der Waals surface area contributed by atoms with Crippen LogP contribution in [0.3, 0.4) is 0 Å². The number of carboxylic acids is 1. The molecule has 0 bridgehead atoms. The zero-order valence-corrected chi connectivity index (χ0v) is 12.7. The van der Waals surface area contributed by atoms with Crippen LogP contribution < -0.4 is 0 Å². The van der Waals surface area contributed by atoms with Crippen LogP contribution >= 0.6 is 0 Å². The first-order chi connectivity index (χ1) is 9.17. The van der Waals surface area contributed by atoms with Crippen LogP contribution in [0.5, 0.6) is 0 Å². The molecule has 19 heavy (non-hydrogen) atoms. The van der Waals surface area contributed by atoms with Gasteiger partial charge in [0, 0.05) is 0 Å². The van der Waals surface area contributed by atoms with Crippen LogP contribution in [-0.2, 0) is 4.79 Å². The Morgan fingerprint density at radius 1 is 1.21 bits per heavy atom. The van der Waals surface area contributed by atoms with Crippen molar-refractivity contribution in [3.8, 4) is 0 Å². The van der Waals surface area contributed by atoms with Gasteiger partial charge in [-0.15, -0.1) is 0 Å². The predicted octanol–water partition coefficient (Wildman–Crippen LogP) is 3.78. The molecule has 1 unspecified atom stereocenters. The number of likely N-dealkylation sites (tertiary alicyclic amines) is 1. The number of aliphatic carboxylic acids is 1. The van der Waals surface area contributed by atoms with Crippen LogP contribution in [0, 0.1) is 11.8 Å². The van der Waals surface area contributed by atoms with Crippen molar-refractivity contribution in [2.24, 2.45) is 11.8 Å². The highest BCUT2D eigenvalue weighted by atomic mass is 16.4. The number of carbonyl (C=O) groups is 1. The van der Waals surface area contributed by atoms with Crippen molar-refractivity contribution in [2.45, 2.75) is 65.2 Å². The van der Waals surface area contributed by atoms with Crippen molar-refractivity contribution < 1.29 is 9.90 Å². The van der Waals surface area contributed by atoms with E-state index in [0.29, 0.717) is 0 Å². The van der Waals surface area contributed by atoms with E-state index in [1.807, 2.05) is 0 Å².